The van der Waals surface area contributed by atoms with E-state index in [1.807, 2.05) is 43.5 Å². The molecule has 158 valence electrons. The molecule has 2 heterocycles. The number of halogens is 1. The van der Waals surface area contributed by atoms with Crippen LogP contribution in [0.4, 0.5) is 10.1 Å². The van der Waals surface area contributed by atoms with Crippen molar-refractivity contribution < 1.29 is 23.3 Å². The number of hydrogen-bond donors (Lipinski definition) is 2. The fourth-order valence-electron chi connectivity index (χ4n) is 3.49. The lowest BCUT2D eigenvalue weighted by atomic mass is 10.0. The van der Waals surface area contributed by atoms with Crippen LogP contribution >= 0.6 is 0 Å². The molecule has 7 heteroatoms. The molecule has 0 aliphatic heterocycles. The Hall–Kier alpha value is -3.19. The van der Waals surface area contributed by atoms with Crippen molar-refractivity contribution >= 4 is 17.4 Å². The van der Waals surface area contributed by atoms with Crippen LogP contribution in [0.2, 0.25) is 0 Å². The Morgan fingerprint density at radius 1 is 1.20 bits per heavy atom. The minimum Gasteiger partial charge on any atom is -0.467 e. The van der Waals surface area contributed by atoms with Gasteiger partial charge in [-0.2, -0.15) is 0 Å². The summed E-state index contributed by atoms with van der Waals surface area (Å²) in [5.41, 5.74) is 2.89. The molecule has 0 aliphatic carbocycles. The third-order valence-electron chi connectivity index (χ3n) is 5.41. The molecule has 2 aromatic heterocycles. The average molecular weight is 412 g/mol. The van der Waals surface area contributed by atoms with Gasteiger partial charge >= 0.3 is 0 Å². The molecule has 0 spiro atoms. The van der Waals surface area contributed by atoms with E-state index in [-0.39, 0.29) is 18.2 Å². The van der Waals surface area contributed by atoms with Crippen LogP contribution in [0.15, 0.2) is 53.1 Å². The van der Waals surface area contributed by atoms with Crippen molar-refractivity contribution in [3.05, 3.63) is 77.3 Å². The molecule has 0 radical (unpaired) electrons. The standard InChI is InChI=1S/C23H26FN3O3/c1-15-11-21(16(2)27(15)13-20-9-6-10-30-20)23(29)17(3)26(4)14-22(28)25-19-8-5-7-18(24)12-19/h5-12,17H,13-14H2,1-4H3,(H,25,28)/p+1/t17-/m0/s1. The number of anilines is 1. The van der Waals surface area contributed by atoms with Crippen LogP contribution in [-0.4, -0.2) is 35.9 Å². The van der Waals surface area contributed by atoms with Crippen LogP contribution < -0.4 is 10.2 Å². The van der Waals surface area contributed by atoms with Gasteiger partial charge in [-0.25, -0.2) is 4.39 Å². The largest absolute Gasteiger partial charge is 0.467 e. The maximum absolute atomic E-state index is 13.3. The number of furan rings is 1. The highest BCUT2D eigenvalue weighted by Gasteiger charge is 2.28. The van der Waals surface area contributed by atoms with Crippen LogP contribution in [0.1, 0.15) is 34.4 Å². The highest BCUT2D eigenvalue weighted by Crippen LogP contribution is 2.18. The number of carbonyl (C=O) groups excluding carboxylic acids is 2. The topological polar surface area (TPSA) is 68.7 Å². The number of hydrogen-bond acceptors (Lipinski definition) is 3. The number of Topliss-reactive ketones (excluding diaryl/α,β-unsaturated/α-hetero) is 1. The minimum atomic E-state index is -0.416. The zero-order chi connectivity index (χ0) is 21.8. The van der Waals surface area contributed by atoms with E-state index in [1.165, 1.54) is 18.2 Å². The summed E-state index contributed by atoms with van der Waals surface area (Å²) in [7, 11) is 1.80. The van der Waals surface area contributed by atoms with Gasteiger partial charge in [-0.15, -0.1) is 0 Å². The Labute approximate surface area is 175 Å². The summed E-state index contributed by atoms with van der Waals surface area (Å²) in [6, 6.07) is 10.9. The Morgan fingerprint density at radius 3 is 2.63 bits per heavy atom. The lowest BCUT2D eigenvalue weighted by Gasteiger charge is -2.20. The highest BCUT2D eigenvalue weighted by atomic mass is 19.1. The quantitative estimate of drug-likeness (QED) is 0.559. The smallest absolute Gasteiger partial charge is 0.279 e. The van der Waals surface area contributed by atoms with Crippen LogP contribution in [0, 0.1) is 19.7 Å². The number of nitrogens with zero attached hydrogens (tertiary/aromatic N) is 1. The van der Waals surface area contributed by atoms with Crippen molar-refractivity contribution in [2.75, 3.05) is 18.9 Å². The molecule has 3 aromatic rings. The zero-order valence-corrected chi connectivity index (χ0v) is 17.7. The summed E-state index contributed by atoms with van der Waals surface area (Å²) in [6.45, 7) is 6.34. The fraction of sp³-hybridized carbons (Fsp3) is 0.304. The van der Waals surface area contributed by atoms with Crippen LogP contribution in [0.5, 0.6) is 0 Å². The molecule has 30 heavy (non-hydrogen) atoms. The maximum Gasteiger partial charge on any atom is 0.279 e. The minimum absolute atomic E-state index is 0.0233. The summed E-state index contributed by atoms with van der Waals surface area (Å²) >= 11 is 0. The van der Waals surface area contributed by atoms with E-state index in [9.17, 15) is 14.0 Å². The van der Waals surface area contributed by atoms with Crippen molar-refractivity contribution in [3.8, 4) is 0 Å². The first kappa shape index (κ1) is 21.5. The number of amides is 1. The first-order valence-electron chi connectivity index (χ1n) is 9.87. The normalized spacial score (nSPS) is 13.1. The summed E-state index contributed by atoms with van der Waals surface area (Å²) < 4.78 is 20.8. The first-order valence-corrected chi connectivity index (χ1v) is 9.87. The Bertz CT molecular complexity index is 1040. The molecule has 1 unspecified atom stereocenters. The van der Waals surface area contributed by atoms with Gasteiger partial charge in [0.05, 0.1) is 19.9 Å². The van der Waals surface area contributed by atoms with E-state index < -0.39 is 11.9 Å². The van der Waals surface area contributed by atoms with E-state index in [1.54, 1.807) is 19.4 Å². The van der Waals surface area contributed by atoms with E-state index >= 15 is 0 Å². The van der Waals surface area contributed by atoms with E-state index in [4.69, 9.17) is 4.42 Å². The molecule has 2 N–H and O–H groups in total. The third-order valence-corrected chi connectivity index (χ3v) is 5.41. The number of nitrogens with one attached hydrogen (secondary N) is 2. The third kappa shape index (κ3) is 4.86. The summed E-state index contributed by atoms with van der Waals surface area (Å²) in [5.74, 6) is 0.105. The molecule has 0 saturated carbocycles. The van der Waals surface area contributed by atoms with Gasteiger partial charge in [-0.3, -0.25) is 9.59 Å². The van der Waals surface area contributed by atoms with Gasteiger partial charge in [0, 0.05) is 22.6 Å². The molecule has 0 aliphatic rings. The maximum atomic E-state index is 13.3. The number of ketones is 1. The van der Waals surface area contributed by atoms with E-state index in [0.717, 1.165) is 22.0 Å². The van der Waals surface area contributed by atoms with E-state index in [0.29, 0.717) is 17.8 Å². The summed E-state index contributed by atoms with van der Waals surface area (Å²) in [5, 5.41) is 2.67. The monoisotopic (exact) mass is 412 g/mol. The number of quaternary nitrogens is 1. The number of aryl methyl sites for hydroxylation is 1. The van der Waals surface area contributed by atoms with Crippen molar-refractivity contribution in [1.29, 1.82) is 0 Å². The second kappa shape index (κ2) is 9.09. The lowest BCUT2D eigenvalue weighted by molar-refractivity contribution is -0.885. The second-order valence-electron chi connectivity index (χ2n) is 7.62. The summed E-state index contributed by atoms with van der Waals surface area (Å²) in [4.78, 5) is 26.2. The molecule has 1 aromatic carbocycles. The molecular weight excluding hydrogens is 385 g/mol. The first-order chi connectivity index (χ1) is 14.3. The van der Waals surface area contributed by atoms with Crippen LogP contribution in [-0.2, 0) is 11.3 Å². The van der Waals surface area contributed by atoms with E-state index in [2.05, 4.69) is 5.32 Å². The summed E-state index contributed by atoms with van der Waals surface area (Å²) in [6.07, 6.45) is 1.63. The van der Waals surface area contributed by atoms with Gasteiger partial charge < -0.3 is 19.2 Å². The number of aromatic nitrogens is 1. The van der Waals surface area contributed by atoms with Gasteiger partial charge in [-0.1, -0.05) is 6.07 Å². The van der Waals surface area contributed by atoms with Crippen molar-refractivity contribution in [2.24, 2.45) is 0 Å². The SMILES string of the molecule is Cc1cc(C(=O)[C@H](C)[NH+](C)CC(=O)Nc2cccc(F)c2)c(C)n1Cc1ccco1. The van der Waals surface area contributed by atoms with Gasteiger partial charge in [0.1, 0.15) is 17.6 Å². The second-order valence-corrected chi connectivity index (χ2v) is 7.62. The fourth-order valence-corrected chi connectivity index (χ4v) is 3.49. The van der Waals surface area contributed by atoms with Crippen LogP contribution in [0.3, 0.4) is 0 Å². The number of rotatable bonds is 8. The van der Waals surface area contributed by atoms with Gasteiger partial charge in [-0.05, 0) is 57.2 Å². The van der Waals surface area contributed by atoms with Gasteiger partial charge in [0.2, 0.25) is 5.78 Å². The molecule has 1 amide bonds. The number of carbonyl (C=O) groups is 2. The van der Waals surface area contributed by atoms with Crippen LogP contribution in [0.25, 0.3) is 0 Å². The Morgan fingerprint density at radius 2 is 1.97 bits per heavy atom. The van der Waals surface area contributed by atoms with Crippen molar-refractivity contribution in [3.63, 3.8) is 0 Å². The van der Waals surface area contributed by atoms with Gasteiger partial charge in [0.15, 0.2) is 6.54 Å². The number of benzene rings is 1. The van der Waals surface area contributed by atoms with Crippen molar-refractivity contribution in [2.45, 2.75) is 33.4 Å². The molecular formula is C23H27FN3O3+. The van der Waals surface area contributed by atoms with Gasteiger partial charge in [0.25, 0.3) is 5.91 Å². The Balaban J connectivity index is 1.66. The molecule has 0 fully saturated rings. The molecule has 3 rings (SSSR count). The Kier molecular flexibility index (Phi) is 6.52. The predicted molar refractivity (Wildman–Crippen MR) is 112 cm³/mol. The van der Waals surface area contributed by atoms with Crippen molar-refractivity contribution in [1.82, 2.24) is 4.57 Å². The molecule has 0 saturated heterocycles. The molecule has 6 nitrogen and oxygen atoms in total. The molecule has 0 bridgehead atoms. The number of likely N-dealkylation sites (N-methyl/N-ethyl adjacent to an activating group) is 1. The highest BCUT2D eigenvalue weighted by molar-refractivity contribution is 6.00. The zero-order valence-electron chi connectivity index (χ0n) is 17.7. The lowest BCUT2D eigenvalue weighted by Crippen LogP contribution is -3.14. The molecule has 2 atom stereocenters. The predicted octanol–water partition coefficient (Wildman–Crippen LogP) is 2.61. The average Bonchev–Trinajstić information content (AvgIpc) is 3.30.